The zero-order valence-corrected chi connectivity index (χ0v) is 19.7. The number of hydrogen-bond acceptors (Lipinski definition) is 9. The number of hydrogen-bond donors (Lipinski definition) is 3. The van der Waals surface area contributed by atoms with Crippen LogP contribution in [0.4, 0.5) is 0 Å². The van der Waals surface area contributed by atoms with E-state index in [1.165, 1.54) is 23.1 Å². The highest BCUT2D eigenvalue weighted by molar-refractivity contribution is 8.13. The first kappa shape index (κ1) is 26.7. The van der Waals surface area contributed by atoms with Crippen LogP contribution in [0.25, 0.3) is 0 Å². The molecule has 0 radical (unpaired) electrons. The van der Waals surface area contributed by atoms with Gasteiger partial charge in [0.25, 0.3) is 0 Å². The lowest BCUT2D eigenvalue weighted by Crippen LogP contribution is -2.43. The molecule has 1 aliphatic rings. The van der Waals surface area contributed by atoms with Crippen molar-refractivity contribution in [2.75, 3.05) is 18.9 Å². The van der Waals surface area contributed by atoms with Crippen LogP contribution in [0.2, 0.25) is 0 Å². The van der Waals surface area contributed by atoms with E-state index >= 15 is 0 Å². The van der Waals surface area contributed by atoms with Crippen molar-refractivity contribution in [3.05, 3.63) is 23.8 Å². The third-order valence-electron chi connectivity index (χ3n) is 5.43. The molecule has 1 fully saturated rings. The molecule has 0 saturated carbocycles. The van der Waals surface area contributed by atoms with E-state index < -0.39 is 23.8 Å². The van der Waals surface area contributed by atoms with Gasteiger partial charge in [-0.3, -0.25) is 19.2 Å². The summed E-state index contributed by atoms with van der Waals surface area (Å²) in [6.07, 6.45) is -0.281. The number of carbonyl (C=O) groups excluding carboxylic acids is 4. The molecule has 182 valence electrons. The molecule has 0 aliphatic carbocycles. The molecule has 0 aromatic heterocycles. The molecular formula is C23H31NO8S. The fourth-order valence-corrected chi connectivity index (χ4v) is 4.59. The maximum Gasteiger partial charge on any atom is 0.306 e. The normalized spacial score (nSPS) is 17.4. The van der Waals surface area contributed by atoms with Crippen molar-refractivity contribution in [1.82, 2.24) is 4.90 Å². The number of rotatable bonds is 11. The molecule has 1 amide bonds. The first-order valence-corrected chi connectivity index (χ1v) is 12.0. The predicted octanol–water partition coefficient (Wildman–Crippen LogP) is 1.80. The third-order valence-corrected chi connectivity index (χ3v) is 6.40. The highest BCUT2D eigenvalue weighted by atomic mass is 32.2. The molecule has 0 spiro atoms. The summed E-state index contributed by atoms with van der Waals surface area (Å²) >= 11 is 1.00. The van der Waals surface area contributed by atoms with E-state index in [0.29, 0.717) is 24.9 Å². The van der Waals surface area contributed by atoms with Crippen molar-refractivity contribution in [2.24, 2.45) is 5.92 Å². The Bertz CT molecular complexity index is 874. The lowest BCUT2D eigenvalue weighted by molar-refractivity contribution is -0.142. The molecule has 1 aromatic rings. The first-order chi connectivity index (χ1) is 15.6. The van der Waals surface area contributed by atoms with E-state index in [2.05, 4.69) is 0 Å². The Labute approximate surface area is 197 Å². The number of aromatic hydroxyl groups is 2. The Kier molecular flexibility index (Phi) is 10.2. The van der Waals surface area contributed by atoms with E-state index in [0.717, 1.165) is 11.8 Å². The van der Waals surface area contributed by atoms with Crippen LogP contribution in [0.5, 0.6) is 11.5 Å². The number of carbonyl (C=O) groups is 4. The summed E-state index contributed by atoms with van der Waals surface area (Å²) in [4.78, 5) is 50.9. The second-order valence-corrected chi connectivity index (χ2v) is 9.13. The van der Waals surface area contributed by atoms with Crippen molar-refractivity contribution in [3.8, 4) is 11.5 Å². The van der Waals surface area contributed by atoms with Gasteiger partial charge in [-0.05, 0) is 37.5 Å². The summed E-state index contributed by atoms with van der Waals surface area (Å²) in [7, 11) is 0. The Morgan fingerprint density at radius 3 is 2.61 bits per heavy atom. The number of phenols is 2. The number of nitrogens with zero attached hydrogens (tertiary/aromatic N) is 1. The summed E-state index contributed by atoms with van der Waals surface area (Å²) in [6, 6.07) is 3.43. The number of thioether (sulfide) groups is 1. The summed E-state index contributed by atoms with van der Waals surface area (Å²) < 4.78 is 4.84. The Balaban J connectivity index is 1.87. The fraction of sp³-hybridized carbons (Fsp3) is 0.565. The van der Waals surface area contributed by atoms with Gasteiger partial charge in [0.1, 0.15) is 12.1 Å². The topological polar surface area (TPSA) is 141 Å². The van der Waals surface area contributed by atoms with Crippen LogP contribution >= 0.6 is 11.8 Å². The maximum atomic E-state index is 12.9. The van der Waals surface area contributed by atoms with Crippen LogP contribution in [-0.4, -0.2) is 74.0 Å². The van der Waals surface area contributed by atoms with Crippen LogP contribution in [0.1, 0.15) is 45.1 Å². The number of likely N-dealkylation sites (tertiary alicyclic amines) is 1. The van der Waals surface area contributed by atoms with Crippen molar-refractivity contribution in [1.29, 1.82) is 0 Å². The lowest BCUT2D eigenvalue weighted by atomic mass is 9.96. The Morgan fingerprint density at radius 2 is 1.94 bits per heavy atom. The molecule has 3 N–H and O–H groups in total. The molecule has 1 aliphatic heterocycles. The second-order valence-electron chi connectivity index (χ2n) is 8.03. The van der Waals surface area contributed by atoms with Crippen LogP contribution in [0.15, 0.2) is 18.2 Å². The Morgan fingerprint density at radius 1 is 1.21 bits per heavy atom. The fourth-order valence-electron chi connectivity index (χ4n) is 3.68. The van der Waals surface area contributed by atoms with Gasteiger partial charge in [0.15, 0.2) is 17.3 Å². The number of benzene rings is 1. The highest BCUT2D eigenvalue weighted by Gasteiger charge is 2.36. The lowest BCUT2D eigenvalue weighted by Gasteiger charge is -2.26. The molecule has 9 nitrogen and oxygen atoms in total. The molecular weight excluding hydrogens is 450 g/mol. The van der Waals surface area contributed by atoms with E-state index in [1.807, 2.05) is 0 Å². The minimum Gasteiger partial charge on any atom is -0.504 e. The van der Waals surface area contributed by atoms with Crippen molar-refractivity contribution in [2.45, 2.75) is 58.1 Å². The number of phenolic OH excluding ortho intramolecular Hbond substituents is 2. The minimum atomic E-state index is -1.36. The van der Waals surface area contributed by atoms with E-state index in [-0.39, 0.29) is 60.1 Å². The van der Waals surface area contributed by atoms with E-state index in [9.17, 15) is 34.5 Å². The molecule has 2 rings (SSSR count). The molecule has 3 atom stereocenters. The van der Waals surface area contributed by atoms with Gasteiger partial charge < -0.3 is 25.0 Å². The smallest absolute Gasteiger partial charge is 0.306 e. The standard InChI is InChI=1S/C23H31NO8S/c1-3-32-21(29)8-10-33-23(31)16-5-4-9-24(16)22(30)14(2)11-18(26)20(28)13-15-6-7-17(25)19(27)12-15/h6-7,12,14,16,20,25,27-28H,3-5,8-11,13H2,1-2H3. The average Bonchev–Trinajstić information content (AvgIpc) is 3.25. The van der Waals surface area contributed by atoms with Gasteiger partial charge in [-0.15, -0.1) is 0 Å². The summed E-state index contributed by atoms with van der Waals surface area (Å²) in [5, 5.41) is 29.0. The van der Waals surface area contributed by atoms with Crippen LogP contribution in [-0.2, 0) is 30.3 Å². The number of esters is 1. The number of amides is 1. The zero-order chi connectivity index (χ0) is 24.5. The number of Topliss-reactive ketones (excluding diaryl/α,β-unsaturated/α-hetero) is 1. The number of aliphatic hydroxyl groups is 1. The van der Waals surface area contributed by atoms with Gasteiger partial charge >= 0.3 is 5.97 Å². The molecule has 1 aromatic carbocycles. The zero-order valence-electron chi connectivity index (χ0n) is 18.9. The van der Waals surface area contributed by atoms with Gasteiger partial charge in [-0.2, -0.15) is 0 Å². The average molecular weight is 482 g/mol. The molecule has 0 bridgehead atoms. The molecule has 1 saturated heterocycles. The highest BCUT2D eigenvalue weighted by Crippen LogP contribution is 2.27. The second kappa shape index (κ2) is 12.6. The van der Waals surface area contributed by atoms with Crippen LogP contribution in [0.3, 0.4) is 0 Å². The monoisotopic (exact) mass is 481 g/mol. The predicted molar refractivity (Wildman–Crippen MR) is 122 cm³/mol. The SMILES string of the molecule is CCOC(=O)CCSC(=O)C1CCCN1C(=O)C(C)CC(=O)C(O)Cc1ccc(O)c(O)c1. The van der Waals surface area contributed by atoms with Crippen LogP contribution < -0.4 is 0 Å². The maximum absolute atomic E-state index is 12.9. The van der Waals surface area contributed by atoms with Gasteiger partial charge in [0.2, 0.25) is 11.0 Å². The third kappa shape index (κ3) is 7.75. The molecule has 3 unspecified atom stereocenters. The van der Waals surface area contributed by atoms with Crippen molar-refractivity contribution >= 4 is 34.5 Å². The molecule has 33 heavy (non-hydrogen) atoms. The minimum absolute atomic E-state index is 0.0600. The molecule has 10 heteroatoms. The van der Waals surface area contributed by atoms with Crippen molar-refractivity contribution in [3.63, 3.8) is 0 Å². The van der Waals surface area contributed by atoms with Gasteiger partial charge in [0.05, 0.1) is 13.0 Å². The summed E-state index contributed by atoms with van der Waals surface area (Å²) in [5.41, 5.74) is 0.468. The van der Waals surface area contributed by atoms with Gasteiger partial charge in [0, 0.05) is 31.1 Å². The van der Waals surface area contributed by atoms with Crippen LogP contribution in [0, 0.1) is 5.92 Å². The van der Waals surface area contributed by atoms with Gasteiger partial charge in [-0.1, -0.05) is 24.8 Å². The quantitative estimate of drug-likeness (QED) is 0.319. The van der Waals surface area contributed by atoms with Crippen molar-refractivity contribution < 1.29 is 39.2 Å². The number of ether oxygens (including phenoxy) is 1. The summed E-state index contributed by atoms with van der Waals surface area (Å²) in [5.74, 6) is -2.28. The number of ketones is 1. The number of aliphatic hydroxyl groups excluding tert-OH is 1. The van der Waals surface area contributed by atoms with E-state index in [4.69, 9.17) is 4.74 Å². The molecule has 1 heterocycles. The van der Waals surface area contributed by atoms with Gasteiger partial charge in [-0.25, -0.2) is 0 Å². The van der Waals surface area contributed by atoms with E-state index in [1.54, 1.807) is 13.8 Å². The summed E-state index contributed by atoms with van der Waals surface area (Å²) in [6.45, 7) is 4.00. The Hall–Kier alpha value is -2.59. The first-order valence-electron chi connectivity index (χ1n) is 11.0. The largest absolute Gasteiger partial charge is 0.504 e.